The SMILES string of the molecule is CCCCCCCCCCCCOP(=O)(O)OCC.N. The summed E-state index contributed by atoms with van der Waals surface area (Å²) in [6.07, 6.45) is 12.4. The summed E-state index contributed by atoms with van der Waals surface area (Å²) in [7, 11) is -3.77. The van der Waals surface area contributed by atoms with Crippen LogP contribution in [0.2, 0.25) is 0 Å². The standard InChI is InChI=1S/C14H31O4P.H3N/c1-3-5-6-7-8-9-10-11-12-13-14-18-19(15,16)17-4-2;/h3-14H2,1-2H3,(H,15,16);1H3. The highest BCUT2D eigenvalue weighted by molar-refractivity contribution is 7.47. The van der Waals surface area contributed by atoms with Gasteiger partial charge in [-0.15, -0.1) is 0 Å². The summed E-state index contributed by atoms with van der Waals surface area (Å²) < 4.78 is 20.6. The number of rotatable bonds is 14. The Kier molecular flexibility index (Phi) is 17.3. The zero-order valence-electron chi connectivity index (χ0n) is 13.3. The van der Waals surface area contributed by atoms with Crippen LogP contribution in [-0.2, 0) is 13.6 Å². The minimum Gasteiger partial charge on any atom is -0.344 e. The lowest BCUT2D eigenvalue weighted by atomic mass is 10.1. The normalized spacial score (nSPS) is 13.8. The molecule has 0 aliphatic carbocycles. The molecule has 20 heavy (non-hydrogen) atoms. The van der Waals surface area contributed by atoms with E-state index in [1.165, 1.54) is 51.4 Å². The van der Waals surface area contributed by atoms with Gasteiger partial charge in [0.15, 0.2) is 0 Å². The topological polar surface area (TPSA) is 90.8 Å². The molecule has 6 heteroatoms. The van der Waals surface area contributed by atoms with Crippen molar-refractivity contribution in [2.24, 2.45) is 0 Å². The van der Waals surface area contributed by atoms with Crippen LogP contribution in [-0.4, -0.2) is 18.1 Å². The van der Waals surface area contributed by atoms with E-state index in [0.29, 0.717) is 6.61 Å². The Morgan fingerprint density at radius 1 is 0.800 bits per heavy atom. The molecule has 1 unspecified atom stereocenters. The van der Waals surface area contributed by atoms with Crippen molar-refractivity contribution in [2.45, 2.75) is 78.1 Å². The molecule has 0 fully saturated rings. The number of phosphoric ester groups is 1. The van der Waals surface area contributed by atoms with E-state index in [1.54, 1.807) is 6.92 Å². The number of hydrogen-bond acceptors (Lipinski definition) is 4. The fourth-order valence-electron chi connectivity index (χ4n) is 1.97. The van der Waals surface area contributed by atoms with Crippen LogP contribution in [0, 0.1) is 0 Å². The highest BCUT2D eigenvalue weighted by Gasteiger charge is 2.18. The zero-order valence-corrected chi connectivity index (χ0v) is 14.2. The molecule has 0 amide bonds. The van der Waals surface area contributed by atoms with E-state index in [4.69, 9.17) is 9.42 Å². The summed E-state index contributed by atoms with van der Waals surface area (Å²) in [5.74, 6) is 0. The van der Waals surface area contributed by atoms with Crippen LogP contribution in [0.3, 0.4) is 0 Å². The van der Waals surface area contributed by atoms with Crippen molar-refractivity contribution < 1.29 is 18.5 Å². The van der Waals surface area contributed by atoms with Crippen molar-refractivity contribution in [3.63, 3.8) is 0 Å². The molecule has 4 N–H and O–H groups in total. The molecule has 0 radical (unpaired) electrons. The quantitative estimate of drug-likeness (QED) is 0.339. The van der Waals surface area contributed by atoms with Gasteiger partial charge in [0.1, 0.15) is 0 Å². The molecule has 1 atom stereocenters. The van der Waals surface area contributed by atoms with Gasteiger partial charge in [0, 0.05) is 0 Å². The Morgan fingerprint density at radius 2 is 1.25 bits per heavy atom. The summed E-state index contributed by atoms with van der Waals surface area (Å²) in [5.41, 5.74) is 0. The van der Waals surface area contributed by atoms with E-state index < -0.39 is 7.82 Å². The first-order valence-electron chi connectivity index (χ1n) is 7.74. The maximum atomic E-state index is 11.2. The van der Waals surface area contributed by atoms with Crippen LogP contribution in [0.1, 0.15) is 78.1 Å². The third-order valence-electron chi connectivity index (χ3n) is 3.04. The molecule has 0 aromatic carbocycles. The van der Waals surface area contributed by atoms with E-state index in [9.17, 15) is 4.57 Å². The van der Waals surface area contributed by atoms with Gasteiger partial charge in [-0.25, -0.2) is 4.57 Å². The average molecular weight is 311 g/mol. The van der Waals surface area contributed by atoms with Gasteiger partial charge >= 0.3 is 7.82 Å². The van der Waals surface area contributed by atoms with Crippen LogP contribution >= 0.6 is 7.82 Å². The molecule has 0 aromatic rings. The van der Waals surface area contributed by atoms with E-state index >= 15 is 0 Å². The Hall–Kier alpha value is 0.0700. The number of unbranched alkanes of at least 4 members (excludes halogenated alkanes) is 9. The van der Waals surface area contributed by atoms with Crippen LogP contribution in [0.15, 0.2) is 0 Å². The molecule has 124 valence electrons. The van der Waals surface area contributed by atoms with Gasteiger partial charge < -0.3 is 11.0 Å². The Morgan fingerprint density at radius 3 is 1.70 bits per heavy atom. The predicted molar refractivity (Wildman–Crippen MR) is 84.3 cm³/mol. The van der Waals surface area contributed by atoms with Crippen LogP contribution in [0.25, 0.3) is 0 Å². The summed E-state index contributed by atoms with van der Waals surface area (Å²) >= 11 is 0. The number of hydrogen-bond donors (Lipinski definition) is 2. The molecular formula is C14H34NO4P. The van der Waals surface area contributed by atoms with Gasteiger partial charge in [0.2, 0.25) is 0 Å². The van der Waals surface area contributed by atoms with Gasteiger partial charge in [-0.3, -0.25) is 9.05 Å². The molecule has 0 heterocycles. The second-order valence-corrected chi connectivity index (χ2v) is 6.36. The summed E-state index contributed by atoms with van der Waals surface area (Å²) in [6.45, 7) is 4.42. The first-order chi connectivity index (χ1) is 9.12. The molecule has 0 aliphatic heterocycles. The van der Waals surface area contributed by atoms with Crippen molar-refractivity contribution in [3.05, 3.63) is 0 Å². The smallest absolute Gasteiger partial charge is 0.344 e. The fraction of sp³-hybridized carbons (Fsp3) is 1.00. The summed E-state index contributed by atoms with van der Waals surface area (Å²) in [5, 5.41) is 0. The molecule has 0 rings (SSSR count). The fourth-order valence-corrected chi connectivity index (χ4v) is 2.73. The number of phosphoric acid groups is 1. The highest BCUT2D eigenvalue weighted by Crippen LogP contribution is 2.42. The van der Waals surface area contributed by atoms with Crippen molar-refractivity contribution in [1.82, 2.24) is 6.15 Å². The van der Waals surface area contributed by atoms with Crippen molar-refractivity contribution in [1.29, 1.82) is 0 Å². The highest BCUT2D eigenvalue weighted by atomic mass is 31.2. The van der Waals surface area contributed by atoms with E-state index in [-0.39, 0.29) is 12.8 Å². The Balaban J connectivity index is 0. The molecule has 0 aromatic heterocycles. The molecule has 0 aliphatic rings. The maximum absolute atomic E-state index is 11.2. The average Bonchev–Trinajstić information content (AvgIpc) is 2.36. The Bertz CT molecular complexity index is 239. The summed E-state index contributed by atoms with van der Waals surface area (Å²) in [6, 6.07) is 0. The lowest BCUT2D eigenvalue weighted by molar-refractivity contribution is 0.153. The van der Waals surface area contributed by atoms with E-state index in [2.05, 4.69) is 11.4 Å². The van der Waals surface area contributed by atoms with Crippen molar-refractivity contribution >= 4 is 7.82 Å². The van der Waals surface area contributed by atoms with Crippen LogP contribution in [0.4, 0.5) is 0 Å². The minimum atomic E-state index is -3.77. The second-order valence-electron chi connectivity index (χ2n) is 4.90. The minimum absolute atomic E-state index is 0. The van der Waals surface area contributed by atoms with Gasteiger partial charge in [0.05, 0.1) is 13.2 Å². The molecule has 0 bridgehead atoms. The van der Waals surface area contributed by atoms with Crippen molar-refractivity contribution in [2.75, 3.05) is 13.2 Å². The van der Waals surface area contributed by atoms with Crippen LogP contribution in [0.5, 0.6) is 0 Å². The maximum Gasteiger partial charge on any atom is 0.472 e. The van der Waals surface area contributed by atoms with E-state index in [1.807, 2.05) is 0 Å². The van der Waals surface area contributed by atoms with Gasteiger partial charge in [-0.1, -0.05) is 64.7 Å². The van der Waals surface area contributed by atoms with Crippen LogP contribution < -0.4 is 6.15 Å². The van der Waals surface area contributed by atoms with Gasteiger partial charge in [-0.2, -0.15) is 0 Å². The van der Waals surface area contributed by atoms with Gasteiger partial charge in [0.25, 0.3) is 0 Å². The summed E-state index contributed by atoms with van der Waals surface area (Å²) in [4.78, 5) is 9.17. The van der Waals surface area contributed by atoms with Gasteiger partial charge in [-0.05, 0) is 13.3 Å². The zero-order chi connectivity index (χ0) is 14.4. The second kappa shape index (κ2) is 15.5. The molecule has 0 saturated carbocycles. The molecule has 0 saturated heterocycles. The largest absolute Gasteiger partial charge is 0.472 e. The Labute approximate surface area is 124 Å². The third-order valence-corrected chi connectivity index (χ3v) is 4.14. The lowest BCUT2D eigenvalue weighted by Crippen LogP contribution is -1.96. The lowest BCUT2D eigenvalue weighted by Gasteiger charge is -2.10. The predicted octanol–water partition coefficient (Wildman–Crippen LogP) is 5.22. The molecule has 5 nitrogen and oxygen atoms in total. The molecule has 0 spiro atoms. The first-order valence-corrected chi connectivity index (χ1v) is 9.23. The first kappa shape index (κ1) is 22.4. The third kappa shape index (κ3) is 16.1. The van der Waals surface area contributed by atoms with Crippen molar-refractivity contribution in [3.8, 4) is 0 Å². The molecular weight excluding hydrogens is 277 g/mol. The van der Waals surface area contributed by atoms with E-state index in [0.717, 1.165) is 12.8 Å². The monoisotopic (exact) mass is 311 g/mol.